The Labute approximate surface area is 146 Å². The highest BCUT2D eigenvalue weighted by atomic mass is 19.1. The van der Waals surface area contributed by atoms with Crippen molar-refractivity contribution in [1.82, 2.24) is 0 Å². The van der Waals surface area contributed by atoms with Crippen molar-refractivity contribution in [3.8, 4) is 0 Å². The van der Waals surface area contributed by atoms with Crippen molar-refractivity contribution in [2.75, 3.05) is 7.05 Å². The first-order valence-corrected chi connectivity index (χ1v) is 8.42. The van der Waals surface area contributed by atoms with Crippen LogP contribution in [0.5, 0.6) is 0 Å². The van der Waals surface area contributed by atoms with Gasteiger partial charge in [0.1, 0.15) is 6.17 Å². The van der Waals surface area contributed by atoms with E-state index in [0.717, 1.165) is 24.0 Å². The molecule has 0 spiro atoms. The number of carbonyl (C=O) groups is 1. The van der Waals surface area contributed by atoms with E-state index in [1.165, 1.54) is 5.57 Å². The van der Waals surface area contributed by atoms with Gasteiger partial charge in [0, 0.05) is 13.3 Å². The Morgan fingerprint density at radius 3 is 2.25 bits per heavy atom. The molecule has 0 bridgehead atoms. The maximum atomic E-state index is 11.7. The number of carbonyl (C=O) groups excluding carboxylic acids is 1. The second-order valence-corrected chi connectivity index (χ2v) is 5.22. The molecular weight excluding hydrogens is 303 g/mol. The van der Waals surface area contributed by atoms with Crippen molar-refractivity contribution in [2.24, 2.45) is 16.6 Å². The van der Waals surface area contributed by atoms with Gasteiger partial charge in [0.15, 0.2) is 0 Å². The molecule has 0 saturated heterocycles. The maximum Gasteiger partial charge on any atom is 0.223 e. The van der Waals surface area contributed by atoms with E-state index in [4.69, 9.17) is 5.73 Å². The highest BCUT2D eigenvalue weighted by molar-refractivity contribution is 5.80. The summed E-state index contributed by atoms with van der Waals surface area (Å²) in [5.74, 6) is -0.965. The number of hydrogen-bond acceptors (Lipinski definition) is 2. The topological polar surface area (TPSA) is 55.4 Å². The van der Waals surface area contributed by atoms with Gasteiger partial charge in [0.05, 0.1) is 5.92 Å². The van der Waals surface area contributed by atoms with Crippen LogP contribution in [0, 0.1) is 5.92 Å². The zero-order valence-electron chi connectivity index (χ0n) is 15.8. The minimum Gasteiger partial charge on any atom is -0.369 e. The van der Waals surface area contributed by atoms with Crippen LogP contribution in [0.15, 0.2) is 53.1 Å². The third-order valence-corrected chi connectivity index (χ3v) is 3.22. The summed E-state index contributed by atoms with van der Waals surface area (Å²) in [6, 6.07) is 0. The molecule has 0 radical (unpaired) electrons. The number of allylic oxidation sites excluding steroid dienone is 6. The SMILES string of the molecule is C=C/C(=C\C(=C)/C(C)=C\C=NC)CCC.CC.NC(=O)[C@H]1C[C@H]1F. The van der Waals surface area contributed by atoms with E-state index in [-0.39, 0.29) is 0 Å². The van der Waals surface area contributed by atoms with Crippen LogP contribution < -0.4 is 5.73 Å². The van der Waals surface area contributed by atoms with Crippen LogP contribution in [0.25, 0.3) is 0 Å². The summed E-state index contributed by atoms with van der Waals surface area (Å²) >= 11 is 0. The lowest BCUT2D eigenvalue weighted by atomic mass is 10.0. The molecule has 1 fully saturated rings. The van der Waals surface area contributed by atoms with E-state index in [0.29, 0.717) is 6.42 Å². The highest BCUT2D eigenvalue weighted by Crippen LogP contribution is 2.32. The number of rotatable bonds is 7. The molecule has 1 amide bonds. The first-order valence-electron chi connectivity index (χ1n) is 8.42. The Balaban J connectivity index is 0. The van der Waals surface area contributed by atoms with Gasteiger partial charge in [-0.05, 0) is 42.6 Å². The molecule has 0 aliphatic heterocycles. The number of primary amides is 1. The van der Waals surface area contributed by atoms with E-state index in [9.17, 15) is 9.18 Å². The number of amides is 1. The van der Waals surface area contributed by atoms with Gasteiger partial charge in [-0.2, -0.15) is 0 Å². The fourth-order valence-corrected chi connectivity index (χ4v) is 1.61. The lowest BCUT2D eigenvalue weighted by Gasteiger charge is -2.03. The highest BCUT2D eigenvalue weighted by Gasteiger charge is 2.42. The molecule has 1 saturated carbocycles. The zero-order valence-corrected chi connectivity index (χ0v) is 15.8. The van der Waals surface area contributed by atoms with E-state index in [1.807, 2.05) is 32.9 Å². The zero-order chi connectivity index (χ0) is 19.1. The molecule has 0 unspecified atom stereocenters. The Hall–Kier alpha value is -1.97. The summed E-state index contributed by atoms with van der Waals surface area (Å²) in [7, 11) is 1.76. The molecule has 2 N–H and O–H groups in total. The van der Waals surface area contributed by atoms with E-state index >= 15 is 0 Å². The molecule has 0 aromatic heterocycles. The van der Waals surface area contributed by atoms with Crippen LogP contribution in [0.4, 0.5) is 4.39 Å². The molecule has 1 aliphatic carbocycles. The van der Waals surface area contributed by atoms with Gasteiger partial charge >= 0.3 is 0 Å². The monoisotopic (exact) mass is 336 g/mol. The van der Waals surface area contributed by atoms with Crippen molar-refractivity contribution in [2.45, 2.75) is 53.1 Å². The third kappa shape index (κ3) is 11.6. The predicted octanol–water partition coefficient (Wildman–Crippen LogP) is 4.96. The normalized spacial score (nSPS) is 19.6. The Bertz CT molecular complexity index is 490. The first kappa shape index (κ1) is 24.3. The summed E-state index contributed by atoms with van der Waals surface area (Å²) in [5.41, 5.74) is 8.11. The summed E-state index contributed by atoms with van der Waals surface area (Å²) in [4.78, 5) is 13.9. The largest absolute Gasteiger partial charge is 0.369 e. The lowest BCUT2D eigenvalue weighted by Crippen LogP contribution is -2.13. The van der Waals surface area contributed by atoms with Crippen LogP contribution >= 0.6 is 0 Å². The fourth-order valence-electron chi connectivity index (χ4n) is 1.61. The molecule has 4 heteroatoms. The second kappa shape index (κ2) is 14.6. The van der Waals surface area contributed by atoms with Gasteiger partial charge in [0.25, 0.3) is 0 Å². The molecule has 2 atom stereocenters. The minimum absolute atomic E-state index is 0.343. The first-order chi connectivity index (χ1) is 11.4. The van der Waals surface area contributed by atoms with Gasteiger partial charge in [0.2, 0.25) is 5.91 Å². The van der Waals surface area contributed by atoms with E-state index < -0.39 is 18.0 Å². The van der Waals surface area contributed by atoms with Gasteiger partial charge in [-0.3, -0.25) is 9.79 Å². The number of aliphatic imine (C=N–C) groups is 1. The average Bonchev–Trinajstić information content (AvgIpc) is 3.31. The van der Waals surface area contributed by atoms with Crippen LogP contribution in [-0.4, -0.2) is 25.3 Å². The van der Waals surface area contributed by atoms with Gasteiger partial charge in [-0.15, -0.1) is 0 Å². The Morgan fingerprint density at radius 1 is 1.42 bits per heavy atom. The molecule has 136 valence electrons. The third-order valence-electron chi connectivity index (χ3n) is 3.22. The Kier molecular flexibility index (Phi) is 14.8. The summed E-state index contributed by atoms with van der Waals surface area (Å²) in [5, 5.41) is 0. The van der Waals surface area contributed by atoms with Gasteiger partial charge in [-0.25, -0.2) is 4.39 Å². The molecule has 1 rings (SSSR count). The summed E-state index contributed by atoms with van der Waals surface area (Å²) < 4.78 is 11.7. The molecule has 0 heterocycles. The van der Waals surface area contributed by atoms with Crippen LogP contribution in [0.3, 0.4) is 0 Å². The summed E-state index contributed by atoms with van der Waals surface area (Å²) in [6.07, 6.45) is 9.32. The number of nitrogens with zero attached hydrogens (tertiary/aromatic N) is 1. The number of alkyl halides is 1. The van der Waals surface area contributed by atoms with Crippen molar-refractivity contribution in [3.05, 3.63) is 48.1 Å². The van der Waals surface area contributed by atoms with Gasteiger partial charge in [-0.1, -0.05) is 52.5 Å². The van der Waals surface area contributed by atoms with Gasteiger partial charge < -0.3 is 5.73 Å². The molecule has 0 aromatic rings. The quantitative estimate of drug-likeness (QED) is 0.518. The number of halogens is 1. The van der Waals surface area contributed by atoms with Crippen molar-refractivity contribution in [3.63, 3.8) is 0 Å². The second-order valence-electron chi connectivity index (χ2n) is 5.22. The van der Waals surface area contributed by atoms with Crippen LogP contribution in [0.1, 0.15) is 47.0 Å². The van der Waals surface area contributed by atoms with E-state index in [1.54, 1.807) is 13.3 Å². The van der Waals surface area contributed by atoms with Crippen LogP contribution in [-0.2, 0) is 4.79 Å². The lowest BCUT2D eigenvalue weighted by molar-refractivity contribution is -0.119. The number of hydrogen-bond donors (Lipinski definition) is 1. The van der Waals surface area contributed by atoms with E-state index in [2.05, 4.69) is 31.2 Å². The Morgan fingerprint density at radius 2 is 1.96 bits per heavy atom. The smallest absolute Gasteiger partial charge is 0.223 e. The number of nitrogens with two attached hydrogens (primary N) is 1. The molecule has 1 aliphatic rings. The molecular formula is C20H33FN2O. The summed E-state index contributed by atoms with van der Waals surface area (Å²) in [6.45, 7) is 16.0. The van der Waals surface area contributed by atoms with Crippen molar-refractivity contribution >= 4 is 12.1 Å². The molecule has 24 heavy (non-hydrogen) atoms. The fraction of sp³-hybridized carbons (Fsp3) is 0.500. The van der Waals surface area contributed by atoms with Crippen LogP contribution in [0.2, 0.25) is 0 Å². The average molecular weight is 336 g/mol. The van der Waals surface area contributed by atoms with Crippen molar-refractivity contribution < 1.29 is 9.18 Å². The standard InChI is InChI=1S/C14H21N.C4H6FNO.C2H6/c1-6-8-14(7-2)11-13(4)12(3)9-10-15-5;5-3-1-2(3)4(6)7;1-2/h7,9-11H,2,4,6,8H2,1,3,5H3;2-3H,1H2,(H2,6,7);1-2H3/b12-9-,14-11+,15-10?;;/t;2-,3+;/m.0./s1. The minimum atomic E-state index is -0.933. The predicted molar refractivity (Wildman–Crippen MR) is 104 cm³/mol. The molecule has 3 nitrogen and oxygen atoms in total. The maximum absolute atomic E-state index is 11.7. The van der Waals surface area contributed by atoms with Crippen molar-refractivity contribution in [1.29, 1.82) is 0 Å². The molecule has 0 aromatic carbocycles.